The molecule has 1 aromatic carbocycles. The first-order chi connectivity index (χ1) is 7.68. The second-order valence-electron chi connectivity index (χ2n) is 3.80. The van der Waals surface area contributed by atoms with Crippen molar-refractivity contribution in [2.45, 2.75) is 23.8 Å². The van der Waals surface area contributed by atoms with Gasteiger partial charge in [-0.25, -0.2) is 13.1 Å². The number of ether oxygens (including phenoxy) is 1. The second kappa shape index (κ2) is 4.95. The van der Waals surface area contributed by atoms with Crippen LogP contribution in [-0.4, -0.2) is 27.7 Å². The van der Waals surface area contributed by atoms with Crippen LogP contribution in [0.25, 0.3) is 0 Å². The summed E-state index contributed by atoms with van der Waals surface area (Å²) in [5.41, 5.74) is 0. The number of nitrogens with one attached hydrogen (secondary N) is 1. The van der Waals surface area contributed by atoms with Gasteiger partial charge in [0.15, 0.2) is 0 Å². The van der Waals surface area contributed by atoms with E-state index in [-0.39, 0.29) is 6.10 Å². The summed E-state index contributed by atoms with van der Waals surface area (Å²) in [6.45, 7) is 1.09. The fourth-order valence-electron chi connectivity index (χ4n) is 1.69. The van der Waals surface area contributed by atoms with Gasteiger partial charge in [-0.15, -0.1) is 0 Å². The molecule has 1 heterocycles. The van der Waals surface area contributed by atoms with Crippen molar-refractivity contribution in [2.24, 2.45) is 0 Å². The van der Waals surface area contributed by atoms with Crippen LogP contribution in [0.5, 0.6) is 0 Å². The Bertz CT molecular complexity index is 424. The van der Waals surface area contributed by atoms with Gasteiger partial charge in [0, 0.05) is 13.2 Å². The van der Waals surface area contributed by atoms with Crippen molar-refractivity contribution >= 4 is 10.0 Å². The maximum Gasteiger partial charge on any atom is 0.240 e. The van der Waals surface area contributed by atoms with Crippen molar-refractivity contribution in [1.82, 2.24) is 4.72 Å². The Morgan fingerprint density at radius 3 is 2.69 bits per heavy atom. The lowest BCUT2D eigenvalue weighted by atomic mass is 10.2. The van der Waals surface area contributed by atoms with Crippen molar-refractivity contribution in [3.05, 3.63) is 30.3 Å². The van der Waals surface area contributed by atoms with E-state index in [2.05, 4.69) is 4.72 Å². The highest BCUT2D eigenvalue weighted by atomic mass is 32.2. The van der Waals surface area contributed by atoms with Crippen LogP contribution in [0.2, 0.25) is 0 Å². The normalized spacial score (nSPS) is 21.1. The predicted molar refractivity (Wildman–Crippen MR) is 60.6 cm³/mol. The summed E-state index contributed by atoms with van der Waals surface area (Å²) in [6, 6.07) is 8.37. The molecular formula is C11H15NO3S. The van der Waals surface area contributed by atoms with E-state index in [4.69, 9.17) is 4.74 Å². The smallest absolute Gasteiger partial charge is 0.240 e. The number of hydrogen-bond acceptors (Lipinski definition) is 3. The van der Waals surface area contributed by atoms with E-state index in [1.807, 2.05) is 0 Å². The Morgan fingerprint density at radius 2 is 2.06 bits per heavy atom. The zero-order chi connectivity index (χ0) is 11.4. The molecule has 1 aliphatic heterocycles. The molecule has 0 amide bonds. The van der Waals surface area contributed by atoms with E-state index in [1.54, 1.807) is 30.3 Å². The molecule has 1 saturated heterocycles. The van der Waals surface area contributed by atoms with E-state index in [1.165, 1.54) is 0 Å². The Balaban J connectivity index is 1.98. The van der Waals surface area contributed by atoms with Gasteiger partial charge in [-0.1, -0.05) is 18.2 Å². The molecule has 0 unspecified atom stereocenters. The minimum atomic E-state index is -3.38. The summed E-state index contributed by atoms with van der Waals surface area (Å²) in [4.78, 5) is 0.299. The highest BCUT2D eigenvalue weighted by Crippen LogP contribution is 2.12. The van der Waals surface area contributed by atoms with E-state index < -0.39 is 10.0 Å². The molecule has 0 spiro atoms. The van der Waals surface area contributed by atoms with E-state index >= 15 is 0 Å². The third-order valence-corrected chi connectivity index (χ3v) is 4.02. The summed E-state index contributed by atoms with van der Waals surface area (Å²) in [6.07, 6.45) is 1.97. The van der Waals surface area contributed by atoms with Crippen LogP contribution < -0.4 is 4.72 Å². The van der Waals surface area contributed by atoms with Gasteiger partial charge in [-0.2, -0.15) is 0 Å². The Labute approximate surface area is 95.7 Å². The molecule has 2 rings (SSSR count). The van der Waals surface area contributed by atoms with Crippen LogP contribution in [0, 0.1) is 0 Å². The van der Waals surface area contributed by atoms with Crippen LogP contribution in [0.1, 0.15) is 12.8 Å². The molecule has 0 saturated carbocycles. The summed E-state index contributed by atoms with van der Waals surface area (Å²) in [5, 5.41) is 0. The number of sulfonamides is 1. The Morgan fingerprint density at radius 1 is 1.31 bits per heavy atom. The van der Waals surface area contributed by atoms with Crippen LogP contribution in [0.3, 0.4) is 0 Å². The highest BCUT2D eigenvalue weighted by Gasteiger charge is 2.19. The maximum atomic E-state index is 11.8. The Hall–Kier alpha value is -0.910. The van der Waals surface area contributed by atoms with Gasteiger partial charge in [-0.3, -0.25) is 0 Å². The minimum absolute atomic E-state index is 0.0264. The molecule has 1 fully saturated rings. The average Bonchev–Trinajstić information content (AvgIpc) is 2.81. The summed E-state index contributed by atoms with van der Waals surface area (Å²) >= 11 is 0. The van der Waals surface area contributed by atoms with Crippen molar-refractivity contribution in [3.63, 3.8) is 0 Å². The second-order valence-corrected chi connectivity index (χ2v) is 5.57. The van der Waals surface area contributed by atoms with Gasteiger partial charge in [0.05, 0.1) is 11.0 Å². The monoisotopic (exact) mass is 241 g/mol. The van der Waals surface area contributed by atoms with Crippen LogP contribution in [-0.2, 0) is 14.8 Å². The zero-order valence-electron chi connectivity index (χ0n) is 8.93. The molecule has 1 aromatic rings. The lowest BCUT2D eigenvalue weighted by Crippen LogP contribution is -2.31. The molecule has 0 aliphatic carbocycles. The molecule has 88 valence electrons. The van der Waals surface area contributed by atoms with Gasteiger partial charge >= 0.3 is 0 Å². The summed E-state index contributed by atoms with van der Waals surface area (Å²) in [5.74, 6) is 0. The molecule has 1 aliphatic rings. The SMILES string of the molecule is O=S(=O)(NC[C@@H]1CCCO1)c1ccccc1. The van der Waals surface area contributed by atoms with Gasteiger partial charge in [0.2, 0.25) is 10.0 Å². The third-order valence-electron chi connectivity index (χ3n) is 2.58. The standard InChI is InChI=1S/C11H15NO3S/c13-16(14,11-6-2-1-3-7-11)12-9-10-5-4-8-15-10/h1-3,6-7,10,12H,4-5,8-9H2/t10-/m0/s1. The lowest BCUT2D eigenvalue weighted by molar-refractivity contribution is 0.114. The largest absolute Gasteiger partial charge is 0.377 e. The van der Waals surface area contributed by atoms with Crippen LogP contribution in [0.15, 0.2) is 35.2 Å². The van der Waals surface area contributed by atoms with Crippen LogP contribution >= 0.6 is 0 Å². The molecular weight excluding hydrogens is 226 g/mol. The first-order valence-electron chi connectivity index (χ1n) is 5.35. The number of benzene rings is 1. The maximum absolute atomic E-state index is 11.8. The summed E-state index contributed by atoms with van der Waals surface area (Å²) < 4.78 is 31.6. The van der Waals surface area contributed by atoms with E-state index in [9.17, 15) is 8.42 Å². The van der Waals surface area contributed by atoms with Gasteiger partial charge < -0.3 is 4.74 Å². The molecule has 1 atom stereocenters. The molecule has 4 nitrogen and oxygen atoms in total. The predicted octanol–water partition coefficient (Wildman–Crippen LogP) is 1.14. The first-order valence-corrected chi connectivity index (χ1v) is 6.83. The number of rotatable bonds is 4. The van der Waals surface area contributed by atoms with Crippen LogP contribution in [0.4, 0.5) is 0 Å². The highest BCUT2D eigenvalue weighted by molar-refractivity contribution is 7.89. The van der Waals surface area contributed by atoms with Crippen molar-refractivity contribution in [1.29, 1.82) is 0 Å². The molecule has 0 radical (unpaired) electrons. The molecule has 16 heavy (non-hydrogen) atoms. The fourth-order valence-corrected chi connectivity index (χ4v) is 2.78. The average molecular weight is 241 g/mol. The minimum Gasteiger partial charge on any atom is -0.377 e. The fraction of sp³-hybridized carbons (Fsp3) is 0.455. The lowest BCUT2D eigenvalue weighted by Gasteiger charge is -2.11. The topological polar surface area (TPSA) is 55.4 Å². The molecule has 5 heteroatoms. The summed E-state index contributed by atoms with van der Waals surface area (Å²) in [7, 11) is -3.38. The van der Waals surface area contributed by atoms with Gasteiger partial charge in [0.1, 0.15) is 0 Å². The number of hydrogen-bond donors (Lipinski definition) is 1. The van der Waals surface area contributed by atoms with Crippen molar-refractivity contribution in [3.8, 4) is 0 Å². The van der Waals surface area contributed by atoms with E-state index in [0.29, 0.717) is 11.4 Å². The molecule has 0 aromatic heterocycles. The van der Waals surface area contributed by atoms with Gasteiger partial charge in [-0.05, 0) is 25.0 Å². The quantitative estimate of drug-likeness (QED) is 0.860. The van der Waals surface area contributed by atoms with E-state index in [0.717, 1.165) is 19.4 Å². The van der Waals surface area contributed by atoms with Crippen molar-refractivity contribution in [2.75, 3.05) is 13.2 Å². The molecule has 1 N–H and O–H groups in total. The third kappa shape index (κ3) is 2.81. The Kier molecular flexibility index (Phi) is 3.58. The molecule has 0 bridgehead atoms. The van der Waals surface area contributed by atoms with Crippen molar-refractivity contribution < 1.29 is 13.2 Å². The zero-order valence-corrected chi connectivity index (χ0v) is 9.74. The first kappa shape index (κ1) is 11.6. The van der Waals surface area contributed by atoms with Gasteiger partial charge in [0.25, 0.3) is 0 Å².